The van der Waals surface area contributed by atoms with E-state index in [1.54, 1.807) is 25.3 Å². The number of nitrogen functional groups attached to an aromatic ring is 1. The number of carbonyl (C=O) groups excluding carboxylic acids is 7. The van der Waals surface area contributed by atoms with E-state index in [2.05, 4.69) is 35.5 Å². The minimum atomic E-state index is -1.18. The highest BCUT2D eigenvalue weighted by Gasteiger charge is 2.75. The number of aromatic amines is 1. The average molecular weight is 949 g/mol. The molecule has 3 aliphatic heterocycles. The lowest BCUT2D eigenvalue weighted by molar-refractivity contribution is -0.191. The number of aryl methyl sites for hydroxylation is 2. The van der Waals surface area contributed by atoms with E-state index in [1.165, 1.54) is 28.7 Å². The minimum Gasteiger partial charge on any atom is -0.480 e. The van der Waals surface area contributed by atoms with Crippen LogP contribution in [0.2, 0.25) is 0 Å². The number of hydrogen-bond acceptors (Lipinski definition) is 19. The Morgan fingerprint density at radius 2 is 1.79 bits per heavy atom. The molecule has 22 nitrogen and oxygen atoms in total. The topological polar surface area (TPSA) is 329 Å². The van der Waals surface area contributed by atoms with Crippen LogP contribution in [-0.2, 0) is 51.1 Å². The molecule has 1 aromatic carbocycles. The maximum absolute atomic E-state index is 14.1. The molecular formula is C42H48N10O12S2. The van der Waals surface area contributed by atoms with Gasteiger partial charge in [-0.05, 0) is 63.8 Å². The van der Waals surface area contributed by atoms with E-state index in [4.69, 9.17) is 30.5 Å². The lowest BCUT2D eigenvalue weighted by Gasteiger charge is -2.40. The van der Waals surface area contributed by atoms with Crippen LogP contribution in [0.3, 0.4) is 0 Å². The highest BCUT2D eigenvalue weighted by atomic mass is 33.1. The molecule has 6 atom stereocenters. The Bertz CT molecular complexity index is 2580. The molecule has 4 aliphatic rings. The number of carboxylic acid groups (broad SMARTS) is 1. The van der Waals surface area contributed by atoms with Gasteiger partial charge in [-0.2, -0.15) is 14.6 Å². The second kappa shape index (κ2) is 21.2. The van der Waals surface area contributed by atoms with Gasteiger partial charge in [-0.15, -0.1) is 0 Å². The fourth-order valence-corrected chi connectivity index (χ4v) is 11.0. The molecule has 5 heterocycles. The Morgan fingerprint density at radius 3 is 2.47 bits per heavy atom. The number of allylic oxidation sites excluding steroid dienone is 2. The number of nitrogens with zero attached hydrogens (tertiary/aromatic N) is 5. The lowest BCUT2D eigenvalue weighted by atomic mass is 9.79. The third-order valence-electron chi connectivity index (χ3n) is 11.9. The largest absolute Gasteiger partial charge is 0.480 e. The van der Waals surface area contributed by atoms with Gasteiger partial charge in [0.05, 0.1) is 29.5 Å². The Labute approximate surface area is 384 Å². The summed E-state index contributed by atoms with van der Waals surface area (Å²) in [7, 11) is 6.15. The second-order valence-electron chi connectivity index (χ2n) is 15.7. The number of aromatic nitrogens is 4. The Hall–Kier alpha value is -6.46. The molecule has 0 radical (unpaired) electrons. The van der Waals surface area contributed by atoms with Crippen molar-refractivity contribution in [1.82, 2.24) is 40.4 Å². The van der Waals surface area contributed by atoms with Crippen molar-refractivity contribution in [2.75, 3.05) is 51.1 Å². The molecular weight excluding hydrogens is 901 g/mol. The van der Waals surface area contributed by atoms with Crippen LogP contribution in [0.4, 0.5) is 10.7 Å². The van der Waals surface area contributed by atoms with E-state index >= 15 is 0 Å². The van der Waals surface area contributed by atoms with Crippen LogP contribution in [0.1, 0.15) is 54.2 Å². The van der Waals surface area contributed by atoms with Crippen molar-refractivity contribution in [2.45, 2.75) is 69.3 Å². The smallest absolute Gasteiger partial charge is 0.404 e. The molecule has 0 saturated carbocycles. The van der Waals surface area contributed by atoms with Crippen molar-refractivity contribution in [3.05, 3.63) is 80.1 Å². The minimum absolute atomic E-state index is 0.00383. The molecule has 350 valence electrons. The maximum Gasteiger partial charge on any atom is 0.404 e. The van der Waals surface area contributed by atoms with Crippen LogP contribution in [0.15, 0.2) is 57.7 Å². The Balaban J connectivity index is 0.00000234. The second-order valence-corrected chi connectivity index (χ2v) is 18.4. The van der Waals surface area contributed by atoms with E-state index < -0.39 is 41.2 Å². The van der Waals surface area contributed by atoms with Crippen LogP contribution in [-0.4, -0.2) is 146 Å². The molecule has 2 aromatic heterocycles. The number of carboxylic acids is 1. The first-order valence-electron chi connectivity index (χ1n) is 20.7. The summed E-state index contributed by atoms with van der Waals surface area (Å²) in [5.74, 6) is -2.63. The summed E-state index contributed by atoms with van der Waals surface area (Å²) < 4.78 is 11.3. The zero-order valence-electron chi connectivity index (χ0n) is 36.1. The highest BCUT2D eigenvalue weighted by Crippen LogP contribution is 2.59. The number of Topliss-reactive ketones (excluding diaryl/α,β-unsaturated/α-hetero) is 2. The Kier molecular flexibility index (Phi) is 15.8. The number of rotatable bonds is 20. The van der Waals surface area contributed by atoms with Crippen molar-refractivity contribution < 1.29 is 52.9 Å². The summed E-state index contributed by atoms with van der Waals surface area (Å²) in [6.45, 7) is 2.14. The highest BCUT2D eigenvalue weighted by molar-refractivity contribution is 8.76. The molecule has 8 N–H and O–H groups in total. The van der Waals surface area contributed by atoms with Gasteiger partial charge in [0, 0.05) is 66.5 Å². The van der Waals surface area contributed by atoms with Crippen LogP contribution in [0.5, 0.6) is 0 Å². The van der Waals surface area contributed by atoms with Gasteiger partial charge in [0.1, 0.15) is 12.6 Å². The SMILES string of the molecule is CO[C@@]12[C@H](COC(N)=O)C3=C(C(=O)C(C)=C(CCCSSCC(NC(=O)CCCNC(=O)c4ccc(CCc5cnc6nc(N)[nH]c(=O)c6n5)cc4)C(=O)O)C3=O)N1C[C@H]1[C@@H]2N1C.O=C=O. The van der Waals surface area contributed by atoms with Crippen molar-refractivity contribution in [1.29, 1.82) is 0 Å². The number of hydrogen-bond donors (Lipinski definition) is 6. The van der Waals surface area contributed by atoms with E-state index in [1.807, 2.05) is 24.1 Å². The molecule has 66 heavy (non-hydrogen) atoms. The molecule has 0 spiro atoms. The number of aliphatic carboxylic acids is 1. The number of amides is 3. The third kappa shape index (κ3) is 10.3. The van der Waals surface area contributed by atoms with Gasteiger partial charge < -0.3 is 41.6 Å². The van der Waals surface area contributed by atoms with Crippen molar-refractivity contribution >= 4 is 80.3 Å². The fraction of sp³-hybridized carbons (Fsp3) is 0.452. The summed E-state index contributed by atoms with van der Waals surface area (Å²) in [6, 6.07) is 5.91. The zero-order chi connectivity index (χ0) is 47.9. The fourth-order valence-electron chi connectivity index (χ4n) is 8.73. The number of fused-ring (bicyclic) bond motifs is 5. The first-order chi connectivity index (χ1) is 31.6. The number of ketones is 2. The summed E-state index contributed by atoms with van der Waals surface area (Å²) in [5, 5.41) is 15.1. The molecule has 3 aromatic rings. The zero-order valence-corrected chi connectivity index (χ0v) is 37.8. The van der Waals surface area contributed by atoms with Crippen LogP contribution in [0.25, 0.3) is 11.2 Å². The lowest BCUT2D eigenvalue weighted by Crippen LogP contribution is -2.55. The number of carbonyl (C=O) groups is 6. The van der Waals surface area contributed by atoms with Gasteiger partial charge in [0.25, 0.3) is 11.5 Å². The van der Waals surface area contributed by atoms with Gasteiger partial charge in [0.15, 0.2) is 22.7 Å². The molecule has 24 heteroatoms. The van der Waals surface area contributed by atoms with Crippen LogP contribution >= 0.6 is 21.6 Å². The molecule has 2 fully saturated rings. The van der Waals surface area contributed by atoms with Gasteiger partial charge >= 0.3 is 18.2 Å². The van der Waals surface area contributed by atoms with Gasteiger partial charge in [-0.3, -0.25) is 33.9 Å². The Morgan fingerprint density at radius 1 is 1.06 bits per heavy atom. The summed E-state index contributed by atoms with van der Waals surface area (Å²) in [5.41, 5.74) is 12.9. The molecule has 1 aliphatic carbocycles. The first kappa shape index (κ1) is 49.0. The van der Waals surface area contributed by atoms with E-state index in [0.29, 0.717) is 66.1 Å². The number of piperazine rings is 1. The number of ether oxygens (including phenoxy) is 2. The predicted octanol–water partition coefficient (Wildman–Crippen LogP) is 0.526. The van der Waals surface area contributed by atoms with Crippen LogP contribution in [0, 0.1) is 5.92 Å². The van der Waals surface area contributed by atoms with E-state index in [9.17, 15) is 38.7 Å². The van der Waals surface area contributed by atoms with E-state index in [-0.39, 0.29) is 90.1 Å². The van der Waals surface area contributed by atoms with Crippen molar-refractivity contribution in [3.8, 4) is 0 Å². The molecule has 2 unspecified atom stereocenters. The summed E-state index contributed by atoms with van der Waals surface area (Å²) >= 11 is 0. The number of likely N-dealkylation sites (N-methyl/N-ethyl adjacent to an activating group) is 1. The van der Waals surface area contributed by atoms with Crippen molar-refractivity contribution in [3.63, 3.8) is 0 Å². The number of anilines is 1. The molecule has 0 bridgehead atoms. The standard InChI is InChI=1S/C41H48N10O10S2.CO2/c1-20-24(33(54)29-25(18-61-40(43)59)41(60-3)34-27(50(34)2)17-51(41)31(29)32(20)53)6-5-15-62-63-19-26(38(57)58)47-28(52)7-4-14-44-36(55)22-11-8-21(9-12-22)10-13-23-16-45-35-30(46-23)37(56)49-39(42)48-35;2-1-3/h8-9,11-12,16,25-27,34H,4-7,10,13-15,17-19H2,1-3H3,(H2,43,59)(H,44,55)(H,47,52)(H,57,58)(H3,42,45,48,49,56);/t25-,26?,27+,34+,41-,50?;/m1./s1. The number of nitrogens with two attached hydrogens (primary N) is 2. The van der Waals surface area contributed by atoms with Gasteiger partial charge in [-0.1, -0.05) is 33.7 Å². The number of primary amides is 1. The van der Waals surface area contributed by atoms with Gasteiger partial charge in [0.2, 0.25) is 17.6 Å². The molecule has 2 saturated heterocycles. The quantitative estimate of drug-likeness (QED) is 0.0389. The summed E-state index contributed by atoms with van der Waals surface area (Å²) in [6.07, 6.45) is 3.01. The number of H-pyrrole nitrogens is 1. The maximum atomic E-state index is 14.1. The van der Waals surface area contributed by atoms with Gasteiger partial charge in [-0.25, -0.2) is 19.6 Å². The number of benzene rings is 1. The predicted molar refractivity (Wildman–Crippen MR) is 237 cm³/mol. The number of methoxy groups -OCH3 is 1. The molecule has 3 amide bonds. The van der Waals surface area contributed by atoms with E-state index in [0.717, 1.165) is 5.56 Å². The first-order valence-corrected chi connectivity index (χ1v) is 23.2. The van der Waals surface area contributed by atoms with Crippen LogP contribution < -0.4 is 27.7 Å². The number of nitrogens with one attached hydrogen (secondary N) is 3. The monoisotopic (exact) mass is 948 g/mol. The third-order valence-corrected chi connectivity index (χ3v) is 14.4. The normalized spacial score (nSPS) is 21.8. The van der Waals surface area contributed by atoms with Crippen molar-refractivity contribution in [2.24, 2.45) is 11.7 Å². The average Bonchev–Trinajstić information content (AvgIpc) is 3.64. The summed E-state index contributed by atoms with van der Waals surface area (Å²) in [4.78, 5) is 124. The molecule has 7 rings (SSSR count).